The van der Waals surface area contributed by atoms with Crippen LogP contribution in [0.2, 0.25) is 0 Å². The van der Waals surface area contributed by atoms with Gasteiger partial charge in [-0.2, -0.15) is 0 Å². The van der Waals surface area contributed by atoms with Crippen molar-refractivity contribution in [2.45, 2.75) is 0 Å². The number of aromatic hydroxyl groups is 1. The molecule has 1 amide bonds. The minimum absolute atomic E-state index is 0.225. The van der Waals surface area contributed by atoms with Gasteiger partial charge >= 0.3 is 6.09 Å². The quantitative estimate of drug-likeness (QED) is 0.739. The van der Waals surface area contributed by atoms with Gasteiger partial charge < -0.3 is 15.2 Å². The van der Waals surface area contributed by atoms with Gasteiger partial charge in [0.05, 0.1) is 7.11 Å². The standard InChI is InChI=1S/C14H14N2O3/c1-19-14(18)16-12-4-2-10(3-5-12)15-11-6-8-13(17)9-7-11/h2-9,15,17H,1H3,(H,16,18). The smallest absolute Gasteiger partial charge is 0.411 e. The number of hydrogen-bond donors (Lipinski definition) is 3. The molecule has 2 rings (SSSR count). The number of carbonyl (C=O) groups excluding carboxylic acids is 1. The molecule has 5 heteroatoms. The third-order valence-corrected chi connectivity index (χ3v) is 2.47. The lowest BCUT2D eigenvalue weighted by atomic mass is 10.2. The van der Waals surface area contributed by atoms with Crippen LogP contribution in [-0.2, 0) is 4.74 Å². The van der Waals surface area contributed by atoms with Crippen molar-refractivity contribution < 1.29 is 14.6 Å². The van der Waals surface area contributed by atoms with E-state index in [1.807, 2.05) is 12.1 Å². The Kier molecular flexibility index (Phi) is 3.87. The highest BCUT2D eigenvalue weighted by molar-refractivity contribution is 5.84. The number of anilines is 3. The number of nitrogens with one attached hydrogen (secondary N) is 2. The van der Waals surface area contributed by atoms with Gasteiger partial charge in [0.15, 0.2) is 0 Å². The van der Waals surface area contributed by atoms with E-state index in [0.29, 0.717) is 5.69 Å². The van der Waals surface area contributed by atoms with Gasteiger partial charge in [0.1, 0.15) is 5.75 Å². The fourth-order valence-corrected chi connectivity index (χ4v) is 1.52. The Morgan fingerprint density at radius 2 is 1.42 bits per heavy atom. The monoisotopic (exact) mass is 258 g/mol. The Balaban J connectivity index is 2.02. The Hall–Kier alpha value is -2.69. The highest BCUT2D eigenvalue weighted by Crippen LogP contribution is 2.20. The normalized spacial score (nSPS) is 9.74. The van der Waals surface area contributed by atoms with Crippen molar-refractivity contribution in [1.29, 1.82) is 0 Å². The fourth-order valence-electron chi connectivity index (χ4n) is 1.52. The number of benzene rings is 2. The minimum Gasteiger partial charge on any atom is -0.508 e. The number of hydrogen-bond acceptors (Lipinski definition) is 4. The van der Waals surface area contributed by atoms with Crippen LogP contribution < -0.4 is 10.6 Å². The molecule has 19 heavy (non-hydrogen) atoms. The molecule has 2 aromatic rings. The van der Waals surface area contributed by atoms with E-state index < -0.39 is 6.09 Å². The van der Waals surface area contributed by atoms with E-state index in [-0.39, 0.29) is 5.75 Å². The maximum absolute atomic E-state index is 11.0. The highest BCUT2D eigenvalue weighted by Gasteiger charge is 2.00. The maximum atomic E-state index is 11.0. The topological polar surface area (TPSA) is 70.6 Å². The molecule has 0 aliphatic heterocycles. The van der Waals surface area contributed by atoms with Crippen LogP contribution in [0.15, 0.2) is 48.5 Å². The molecule has 0 saturated carbocycles. The third-order valence-electron chi connectivity index (χ3n) is 2.47. The Morgan fingerprint density at radius 1 is 0.947 bits per heavy atom. The number of amides is 1. The maximum Gasteiger partial charge on any atom is 0.411 e. The van der Waals surface area contributed by atoms with Crippen LogP contribution in [0.1, 0.15) is 0 Å². The van der Waals surface area contributed by atoms with Crippen LogP contribution in [0.4, 0.5) is 21.9 Å². The molecule has 3 N–H and O–H groups in total. The van der Waals surface area contributed by atoms with Gasteiger partial charge in [0, 0.05) is 17.1 Å². The predicted octanol–water partition coefficient (Wildman–Crippen LogP) is 3.31. The Morgan fingerprint density at radius 3 is 1.95 bits per heavy atom. The summed E-state index contributed by atoms with van der Waals surface area (Å²) < 4.78 is 4.50. The summed E-state index contributed by atoms with van der Waals surface area (Å²) in [4.78, 5) is 11.0. The van der Waals surface area contributed by atoms with Crippen LogP contribution in [0.3, 0.4) is 0 Å². The number of ether oxygens (including phenoxy) is 1. The molecule has 0 atom stereocenters. The van der Waals surface area contributed by atoms with Crippen molar-refractivity contribution >= 4 is 23.2 Å². The summed E-state index contributed by atoms with van der Waals surface area (Å²) in [6, 6.07) is 14.0. The molecule has 0 spiro atoms. The van der Waals surface area contributed by atoms with Crippen LogP contribution in [0.5, 0.6) is 5.75 Å². The second-order valence-electron chi connectivity index (χ2n) is 3.87. The molecule has 0 fully saturated rings. The molecule has 98 valence electrons. The Labute approximate surface area is 110 Å². The summed E-state index contributed by atoms with van der Waals surface area (Å²) in [5.74, 6) is 0.225. The summed E-state index contributed by atoms with van der Waals surface area (Å²) in [5.41, 5.74) is 2.40. The molecule has 0 aliphatic carbocycles. The van der Waals surface area contributed by atoms with Crippen molar-refractivity contribution in [3.63, 3.8) is 0 Å². The molecule has 0 heterocycles. The average molecular weight is 258 g/mol. The summed E-state index contributed by atoms with van der Waals surface area (Å²) in [5, 5.41) is 14.9. The molecule has 0 unspecified atom stereocenters. The van der Waals surface area contributed by atoms with Crippen LogP contribution in [-0.4, -0.2) is 18.3 Å². The first-order valence-corrected chi connectivity index (χ1v) is 5.68. The molecule has 0 aromatic heterocycles. The first kappa shape index (κ1) is 12.8. The number of carbonyl (C=O) groups is 1. The zero-order valence-corrected chi connectivity index (χ0v) is 10.4. The second kappa shape index (κ2) is 5.77. The first-order chi connectivity index (χ1) is 9.17. The first-order valence-electron chi connectivity index (χ1n) is 5.68. The summed E-state index contributed by atoms with van der Waals surface area (Å²) in [6.45, 7) is 0. The van der Waals surface area contributed by atoms with Gasteiger partial charge in [-0.15, -0.1) is 0 Å². The minimum atomic E-state index is -0.501. The van der Waals surface area contributed by atoms with E-state index in [1.165, 1.54) is 7.11 Å². The molecule has 0 saturated heterocycles. The van der Waals surface area contributed by atoms with Gasteiger partial charge in [-0.05, 0) is 48.5 Å². The van der Waals surface area contributed by atoms with Gasteiger partial charge in [0.25, 0.3) is 0 Å². The van der Waals surface area contributed by atoms with Crippen LogP contribution >= 0.6 is 0 Å². The van der Waals surface area contributed by atoms with Gasteiger partial charge in [-0.25, -0.2) is 4.79 Å². The lowest BCUT2D eigenvalue weighted by molar-refractivity contribution is 0.187. The molecular weight excluding hydrogens is 244 g/mol. The van der Waals surface area contributed by atoms with Crippen molar-refractivity contribution in [2.24, 2.45) is 0 Å². The summed E-state index contributed by atoms with van der Waals surface area (Å²) in [6.07, 6.45) is -0.501. The zero-order valence-electron chi connectivity index (χ0n) is 10.4. The summed E-state index contributed by atoms with van der Waals surface area (Å²) >= 11 is 0. The summed E-state index contributed by atoms with van der Waals surface area (Å²) in [7, 11) is 1.32. The zero-order chi connectivity index (χ0) is 13.7. The van der Waals surface area contributed by atoms with Gasteiger partial charge in [-0.1, -0.05) is 0 Å². The van der Waals surface area contributed by atoms with Crippen molar-refractivity contribution in [3.05, 3.63) is 48.5 Å². The highest BCUT2D eigenvalue weighted by atomic mass is 16.5. The van der Waals surface area contributed by atoms with E-state index in [1.54, 1.807) is 36.4 Å². The van der Waals surface area contributed by atoms with E-state index in [9.17, 15) is 9.90 Å². The molecule has 0 aliphatic rings. The molecule has 5 nitrogen and oxygen atoms in total. The van der Waals surface area contributed by atoms with Crippen LogP contribution in [0, 0.1) is 0 Å². The third kappa shape index (κ3) is 3.64. The van der Waals surface area contributed by atoms with Crippen molar-refractivity contribution in [3.8, 4) is 5.75 Å². The SMILES string of the molecule is COC(=O)Nc1ccc(Nc2ccc(O)cc2)cc1. The van der Waals surface area contributed by atoms with Crippen LogP contribution in [0.25, 0.3) is 0 Å². The number of phenolic OH excluding ortho intramolecular Hbond substituents is 1. The van der Waals surface area contributed by atoms with E-state index in [0.717, 1.165) is 11.4 Å². The molecule has 2 aromatic carbocycles. The number of methoxy groups -OCH3 is 1. The second-order valence-corrected chi connectivity index (χ2v) is 3.87. The van der Waals surface area contributed by atoms with E-state index in [4.69, 9.17) is 0 Å². The van der Waals surface area contributed by atoms with Gasteiger partial charge in [-0.3, -0.25) is 5.32 Å². The molecule has 0 bridgehead atoms. The van der Waals surface area contributed by atoms with E-state index in [2.05, 4.69) is 15.4 Å². The largest absolute Gasteiger partial charge is 0.508 e. The fraction of sp³-hybridized carbons (Fsp3) is 0.0714. The lowest BCUT2D eigenvalue weighted by Crippen LogP contribution is -2.10. The Bertz CT molecular complexity index is 550. The lowest BCUT2D eigenvalue weighted by Gasteiger charge is -2.08. The van der Waals surface area contributed by atoms with E-state index >= 15 is 0 Å². The van der Waals surface area contributed by atoms with Gasteiger partial charge in [0.2, 0.25) is 0 Å². The molecule has 0 radical (unpaired) electrons. The average Bonchev–Trinajstić information content (AvgIpc) is 2.43. The predicted molar refractivity (Wildman–Crippen MR) is 73.9 cm³/mol. The number of phenols is 1. The van der Waals surface area contributed by atoms with Crippen molar-refractivity contribution in [1.82, 2.24) is 0 Å². The molecular formula is C14H14N2O3. The van der Waals surface area contributed by atoms with Crippen molar-refractivity contribution in [2.75, 3.05) is 17.7 Å². The number of rotatable bonds is 3.